The van der Waals surface area contributed by atoms with Gasteiger partial charge in [0.1, 0.15) is 43.2 Å². The van der Waals surface area contributed by atoms with Crippen LogP contribution in [0.2, 0.25) is 0 Å². The van der Waals surface area contributed by atoms with Crippen molar-refractivity contribution < 1.29 is 63.1 Å². The van der Waals surface area contributed by atoms with Crippen LogP contribution in [0, 0.1) is 0 Å². The van der Waals surface area contributed by atoms with Crippen molar-refractivity contribution >= 4 is 19.8 Å². The van der Waals surface area contributed by atoms with Crippen molar-refractivity contribution in [1.82, 2.24) is 0 Å². The minimum absolute atomic E-state index is 0.0873. The molecule has 14 heteroatoms. The molecule has 63 heavy (non-hydrogen) atoms. The van der Waals surface area contributed by atoms with Gasteiger partial charge in [0.15, 0.2) is 6.10 Å². The standard InChI is InChI=1S/C49H87O13P/c1-3-5-7-9-11-13-15-17-19-21-23-25-27-29-31-33-35-37-42(50)59-39-41(40-60-63(57,58)62-49-47(55)45(53)44(52)46(54)48(49)56)61-43(51)38-36-34-32-30-28-26-24-22-20-18-16-14-12-10-8-6-4-2/h11,13,17,19,23,25,29,31,41,44-49,52-56H,3-10,12,14-16,18,20-22,24,26-28,30,32-40H2,1-2H3,(H,57,58). The van der Waals surface area contributed by atoms with Gasteiger partial charge in [-0.2, -0.15) is 0 Å². The number of hydrogen-bond donors (Lipinski definition) is 6. The molecule has 0 aromatic heterocycles. The molecule has 0 amide bonds. The Bertz CT molecular complexity index is 1290. The van der Waals surface area contributed by atoms with Crippen molar-refractivity contribution in [2.75, 3.05) is 13.2 Å². The fourth-order valence-corrected chi connectivity index (χ4v) is 8.19. The molecule has 1 aliphatic rings. The molecular formula is C49H87O13P. The summed E-state index contributed by atoms with van der Waals surface area (Å²) in [6, 6.07) is 0. The number of carbonyl (C=O) groups is 2. The van der Waals surface area contributed by atoms with Gasteiger partial charge in [0.2, 0.25) is 0 Å². The van der Waals surface area contributed by atoms with Gasteiger partial charge in [-0.05, 0) is 51.4 Å². The molecule has 0 heterocycles. The zero-order chi connectivity index (χ0) is 46.4. The molecule has 0 saturated heterocycles. The summed E-state index contributed by atoms with van der Waals surface area (Å²) in [6.07, 6.45) is 33.1. The van der Waals surface area contributed by atoms with Crippen LogP contribution in [0.4, 0.5) is 0 Å². The van der Waals surface area contributed by atoms with Gasteiger partial charge < -0.3 is 39.9 Å². The van der Waals surface area contributed by atoms with E-state index in [0.29, 0.717) is 19.3 Å². The molecular weight excluding hydrogens is 827 g/mol. The first kappa shape index (κ1) is 58.8. The third kappa shape index (κ3) is 31.4. The molecule has 1 rings (SSSR count). The van der Waals surface area contributed by atoms with Gasteiger partial charge in [-0.3, -0.25) is 18.6 Å². The molecule has 13 nitrogen and oxygen atoms in total. The van der Waals surface area contributed by atoms with E-state index in [0.717, 1.165) is 51.4 Å². The second-order valence-electron chi connectivity index (χ2n) is 17.0. The molecule has 0 bridgehead atoms. The van der Waals surface area contributed by atoms with E-state index in [1.54, 1.807) is 0 Å². The molecule has 6 atom stereocenters. The van der Waals surface area contributed by atoms with Crippen molar-refractivity contribution in [3.63, 3.8) is 0 Å². The average molecular weight is 915 g/mol. The first-order valence-corrected chi connectivity index (χ1v) is 25.9. The number of rotatable bonds is 40. The van der Waals surface area contributed by atoms with Crippen molar-refractivity contribution in [2.45, 2.75) is 236 Å². The summed E-state index contributed by atoms with van der Waals surface area (Å²) in [5.41, 5.74) is 0. The van der Waals surface area contributed by atoms with E-state index in [2.05, 4.69) is 50.3 Å². The lowest BCUT2D eigenvalue weighted by Gasteiger charge is -2.41. The van der Waals surface area contributed by atoms with Crippen molar-refractivity contribution in [2.24, 2.45) is 0 Å². The summed E-state index contributed by atoms with van der Waals surface area (Å²) in [7, 11) is -5.13. The van der Waals surface area contributed by atoms with Gasteiger partial charge >= 0.3 is 19.8 Å². The fourth-order valence-electron chi connectivity index (χ4n) is 7.22. The Balaban J connectivity index is 2.47. The number of ether oxygens (including phenoxy) is 2. The number of phosphoric ester groups is 1. The predicted molar refractivity (Wildman–Crippen MR) is 249 cm³/mol. The molecule has 0 aliphatic heterocycles. The van der Waals surface area contributed by atoms with E-state index in [1.807, 2.05) is 12.2 Å². The Labute approximate surface area is 380 Å². The minimum atomic E-state index is -5.13. The van der Waals surface area contributed by atoms with E-state index in [-0.39, 0.29) is 12.8 Å². The maximum absolute atomic E-state index is 12.8. The topological polar surface area (TPSA) is 210 Å². The van der Waals surface area contributed by atoms with Gasteiger partial charge in [0.05, 0.1) is 6.61 Å². The second-order valence-corrected chi connectivity index (χ2v) is 18.4. The summed E-state index contributed by atoms with van der Waals surface area (Å²) in [4.78, 5) is 35.7. The zero-order valence-corrected chi connectivity index (χ0v) is 39.8. The molecule has 366 valence electrons. The molecule has 1 aliphatic carbocycles. The Morgan fingerprint density at radius 3 is 1.35 bits per heavy atom. The second kappa shape index (κ2) is 39.0. The van der Waals surface area contributed by atoms with Crippen LogP contribution in [-0.4, -0.2) is 98.3 Å². The van der Waals surface area contributed by atoms with Crippen molar-refractivity contribution in [3.05, 3.63) is 48.6 Å². The van der Waals surface area contributed by atoms with Gasteiger partial charge in [0, 0.05) is 12.8 Å². The highest BCUT2D eigenvalue weighted by atomic mass is 31.2. The number of hydrogen-bond acceptors (Lipinski definition) is 12. The lowest BCUT2D eigenvalue weighted by Crippen LogP contribution is -2.64. The minimum Gasteiger partial charge on any atom is -0.462 e. The normalized spacial score (nSPS) is 22.1. The molecule has 0 aromatic carbocycles. The quantitative estimate of drug-likeness (QED) is 0.0147. The lowest BCUT2D eigenvalue weighted by atomic mass is 9.85. The average Bonchev–Trinajstić information content (AvgIpc) is 3.26. The Morgan fingerprint density at radius 1 is 0.492 bits per heavy atom. The maximum atomic E-state index is 12.8. The van der Waals surface area contributed by atoms with Crippen LogP contribution < -0.4 is 0 Å². The summed E-state index contributed by atoms with van der Waals surface area (Å²) in [6.45, 7) is 3.24. The fraction of sp³-hybridized carbons (Fsp3) is 0.796. The molecule has 6 N–H and O–H groups in total. The molecule has 1 saturated carbocycles. The van der Waals surface area contributed by atoms with Crippen molar-refractivity contribution in [1.29, 1.82) is 0 Å². The van der Waals surface area contributed by atoms with Gasteiger partial charge in [-0.25, -0.2) is 4.57 Å². The van der Waals surface area contributed by atoms with E-state index in [4.69, 9.17) is 18.5 Å². The molecule has 1 fully saturated rings. The Morgan fingerprint density at radius 2 is 0.873 bits per heavy atom. The van der Waals surface area contributed by atoms with Crippen LogP contribution in [-0.2, 0) is 32.7 Å². The number of aliphatic hydroxyl groups is 5. The van der Waals surface area contributed by atoms with E-state index in [9.17, 15) is 44.6 Å². The molecule has 6 unspecified atom stereocenters. The highest BCUT2D eigenvalue weighted by molar-refractivity contribution is 7.47. The molecule has 0 radical (unpaired) electrons. The van der Waals surface area contributed by atoms with E-state index >= 15 is 0 Å². The van der Waals surface area contributed by atoms with Crippen LogP contribution in [0.3, 0.4) is 0 Å². The number of esters is 2. The van der Waals surface area contributed by atoms with Crippen molar-refractivity contribution in [3.8, 4) is 0 Å². The van der Waals surface area contributed by atoms with Crippen LogP contribution in [0.5, 0.6) is 0 Å². The van der Waals surface area contributed by atoms with Gasteiger partial charge in [-0.1, -0.05) is 178 Å². The number of carbonyl (C=O) groups excluding carboxylic acids is 2. The summed E-state index contributed by atoms with van der Waals surface area (Å²) in [5.74, 6) is -1.16. The maximum Gasteiger partial charge on any atom is 0.472 e. The van der Waals surface area contributed by atoms with Crippen LogP contribution in [0.25, 0.3) is 0 Å². The highest BCUT2D eigenvalue weighted by Crippen LogP contribution is 2.47. The number of unbranched alkanes of at least 4 members (excludes halogenated alkanes) is 20. The smallest absolute Gasteiger partial charge is 0.462 e. The van der Waals surface area contributed by atoms with E-state index < -0.39 is 75.7 Å². The monoisotopic (exact) mass is 915 g/mol. The predicted octanol–water partition coefficient (Wildman–Crippen LogP) is 9.95. The van der Waals surface area contributed by atoms with Gasteiger partial charge in [-0.15, -0.1) is 0 Å². The Hall–Kier alpha value is -2.19. The Kier molecular flexibility index (Phi) is 36.4. The third-order valence-corrected chi connectivity index (χ3v) is 12.2. The van der Waals surface area contributed by atoms with Crippen LogP contribution >= 0.6 is 7.82 Å². The first-order valence-electron chi connectivity index (χ1n) is 24.4. The zero-order valence-electron chi connectivity index (χ0n) is 38.9. The van der Waals surface area contributed by atoms with Crippen LogP contribution in [0.15, 0.2) is 48.6 Å². The number of phosphoric acid groups is 1. The van der Waals surface area contributed by atoms with Crippen LogP contribution in [0.1, 0.15) is 194 Å². The number of allylic oxidation sites excluding steroid dienone is 8. The highest BCUT2D eigenvalue weighted by Gasteiger charge is 2.51. The molecule has 0 aromatic rings. The lowest BCUT2D eigenvalue weighted by molar-refractivity contribution is -0.220. The van der Waals surface area contributed by atoms with Gasteiger partial charge in [0.25, 0.3) is 0 Å². The third-order valence-electron chi connectivity index (χ3n) is 11.2. The summed E-state index contributed by atoms with van der Waals surface area (Å²) in [5, 5.41) is 50.2. The summed E-state index contributed by atoms with van der Waals surface area (Å²) < 4.78 is 33.5. The SMILES string of the molecule is CCCCCC=CCC=CCC=CCC=CCCCC(=O)OCC(COP(=O)(O)OC1C(O)C(O)C(O)C(O)C1O)OC(=O)CCCCCCCCCCCCCCCCCCC. The summed E-state index contributed by atoms with van der Waals surface area (Å²) >= 11 is 0. The first-order chi connectivity index (χ1) is 30.4. The largest absolute Gasteiger partial charge is 0.472 e. The van der Waals surface area contributed by atoms with E-state index in [1.165, 1.54) is 96.3 Å². The molecule has 0 spiro atoms. The number of aliphatic hydroxyl groups excluding tert-OH is 5.